The van der Waals surface area contributed by atoms with Crippen molar-refractivity contribution >= 4 is 29.2 Å². The summed E-state index contributed by atoms with van der Waals surface area (Å²) in [5.41, 5.74) is 4.49. The molecule has 5 fully saturated rings. The van der Waals surface area contributed by atoms with Crippen LogP contribution in [0.3, 0.4) is 0 Å². The SMILES string of the molecule is C/C(=N/NC(=O)CC12CC3CC(CC(C3)C1)C2)c1cc2c(cc1NC(=O)[C@@H]1CCCC[C@H]1C(=O)O)OCO2. The number of hydrazone groups is 1. The van der Waals surface area contributed by atoms with E-state index in [0.29, 0.717) is 47.7 Å². The number of nitrogens with one attached hydrogen (secondary N) is 2. The molecule has 3 N–H and O–H groups in total. The van der Waals surface area contributed by atoms with Crippen molar-refractivity contribution in [3.05, 3.63) is 17.7 Å². The summed E-state index contributed by atoms with van der Waals surface area (Å²) in [5, 5.41) is 17.0. The maximum Gasteiger partial charge on any atom is 0.307 e. The first-order valence-electron chi connectivity index (χ1n) is 14.1. The maximum atomic E-state index is 13.2. The van der Waals surface area contributed by atoms with Crippen molar-refractivity contribution in [3.8, 4) is 11.5 Å². The Morgan fingerprint density at radius 1 is 0.974 bits per heavy atom. The third kappa shape index (κ3) is 4.87. The van der Waals surface area contributed by atoms with E-state index in [2.05, 4.69) is 15.8 Å². The Kier molecular flexibility index (Phi) is 6.56. The molecule has 0 saturated heterocycles. The first-order chi connectivity index (χ1) is 18.3. The minimum atomic E-state index is -0.935. The van der Waals surface area contributed by atoms with Gasteiger partial charge >= 0.3 is 5.97 Å². The first-order valence-corrected chi connectivity index (χ1v) is 14.1. The quantitative estimate of drug-likeness (QED) is 0.352. The molecule has 4 bridgehead atoms. The number of amides is 2. The molecule has 1 heterocycles. The normalized spacial score (nSPS) is 33.2. The number of carbonyl (C=O) groups excluding carboxylic acids is 2. The Bertz CT molecular complexity index is 1140. The number of carbonyl (C=O) groups is 3. The van der Waals surface area contributed by atoms with Gasteiger partial charge in [-0.15, -0.1) is 0 Å². The van der Waals surface area contributed by atoms with Crippen molar-refractivity contribution in [1.29, 1.82) is 0 Å². The summed E-state index contributed by atoms with van der Waals surface area (Å²) < 4.78 is 11.1. The highest BCUT2D eigenvalue weighted by atomic mass is 16.7. The summed E-state index contributed by atoms with van der Waals surface area (Å²) in [6.07, 6.45) is 10.7. The zero-order chi connectivity index (χ0) is 26.4. The van der Waals surface area contributed by atoms with E-state index in [1.54, 1.807) is 19.1 Å². The summed E-state index contributed by atoms with van der Waals surface area (Å²) in [7, 11) is 0. The van der Waals surface area contributed by atoms with Gasteiger partial charge in [0, 0.05) is 18.1 Å². The number of ether oxygens (including phenoxy) is 2. The Labute approximate surface area is 222 Å². The molecule has 0 unspecified atom stereocenters. The third-order valence-electron chi connectivity index (χ3n) is 9.63. The number of fused-ring (bicyclic) bond motifs is 1. The molecule has 1 aromatic rings. The van der Waals surface area contributed by atoms with Crippen molar-refractivity contribution in [2.75, 3.05) is 12.1 Å². The van der Waals surface area contributed by atoms with E-state index in [0.717, 1.165) is 49.9 Å². The minimum absolute atomic E-state index is 0.0656. The molecular formula is C29H37N3O6. The Morgan fingerprint density at radius 2 is 1.58 bits per heavy atom. The first kappa shape index (κ1) is 25.2. The predicted octanol–water partition coefficient (Wildman–Crippen LogP) is 4.69. The number of hydrogen-bond donors (Lipinski definition) is 3. The molecule has 5 aliphatic carbocycles. The highest BCUT2D eigenvalue weighted by molar-refractivity contribution is 6.08. The molecule has 0 spiro atoms. The van der Waals surface area contributed by atoms with Crippen LogP contribution in [0.2, 0.25) is 0 Å². The molecule has 1 aliphatic heterocycles. The number of benzene rings is 1. The van der Waals surface area contributed by atoms with Gasteiger partial charge in [0.25, 0.3) is 0 Å². The lowest BCUT2D eigenvalue weighted by molar-refractivity contribution is -0.147. The standard InChI is InChI=1S/C29H37N3O6/c1-16(31-32-26(33)14-29-11-17-6-18(12-29)8-19(7-17)13-29)22-9-24-25(38-15-37-24)10-23(22)30-27(34)20-4-2-3-5-21(20)28(35)36/h9-10,17-21H,2-8,11-15H2,1H3,(H,30,34)(H,32,33)(H,35,36)/b31-16-/t17?,18?,19?,20-,21-,29?/m1/s1. The fourth-order valence-corrected chi connectivity index (χ4v) is 8.40. The molecule has 38 heavy (non-hydrogen) atoms. The van der Waals surface area contributed by atoms with Crippen LogP contribution in [-0.4, -0.2) is 35.4 Å². The van der Waals surface area contributed by atoms with Gasteiger partial charge in [0.15, 0.2) is 11.5 Å². The van der Waals surface area contributed by atoms with E-state index in [1.165, 1.54) is 19.3 Å². The molecule has 2 amide bonds. The topological polar surface area (TPSA) is 126 Å². The summed E-state index contributed by atoms with van der Waals surface area (Å²) in [6.45, 7) is 1.85. The zero-order valence-electron chi connectivity index (χ0n) is 22.0. The highest BCUT2D eigenvalue weighted by Gasteiger charge is 2.51. The molecular weight excluding hydrogens is 486 g/mol. The smallest absolute Gasteiger partial charge is 0.307 e. The molecule has 204 valence electrons. The number of carboxylic acids is 1. The van der Waals surface area contributed by atoms with Crippen LogP contribution >= 0.6 is 0 Å². The van der Waals surface area contributed by atoms with Gasteiger partial charge in [-0.3, -0.25) is 14.4 Å². The van der Waals surface area contributed by atoms with Gasteiger partial charge in [-0.2, -0.15) is 5.10 Å². The van der Waals surface area contributed by atoms with Crippen LogP contribution in [0.1, 0.15) is 83.1 Å². The second-order valence-corrected chi connectivity index (χ2v) is 12.4. The number of nitrogens with zero attached hydrogens (tertiary/aromatic N) is 1. The van der Waals surface area contributed by atoms with E-state index >= 15 is 0 Å². The predicted molar refractivity (Wildman–Crippen MR) is 140 cm³/mol. The van der Waals surface area contributed by atoms with Gasteiger partial charge < -0.3 is 19.9 Å². The zero-order valence-corrected chi connectivity index (χ0v) is 22.0. The van der Waals surface area contributed by atoms with Crippen LogP contribution in [-0.2, 0) is 14.4 Å². The van der Waals surface area contributed by atoms with E-state index < -0.39 is 17.8 Å². The van der Waals surface area contributed by atoms with Crippen molar-refractivity contribution in [2.45, 2.75) is 77.6 Å². The van der Waals surface area contributed by atoms with Crippen molar-refractivity contribution in [1.82, 2.24) is 5.43 Å². The Balaban J connectivity index is 1.18. The van der Waals surface area contributed by atoms with Gasteiger partial charge in [0.05, 0.1) is 23.2 Å². The number of rotatable bonds is 7. The molecule has 2 atom stereocenters. The van der Waals surface area contributed by atoms with Gasteiger partial charge in [-0.1, -0.05) is 12.8 Å². The van der Waals surface area contributed by atoms with Crippen LogP contribution in [0, 0.1) is 35.0 Å². The van der Waals surface area contributed by atoms with Crippen molar-refractivity contribution in [2.24, 2.45) is 40.1 Å². The van der Waals surface area contributed by atoms with Gasteiger partial charge in [0.2, 0.25) is 18.6 Å². The van der Waals surface area contributed by atoms with Crippen LogP contribution < -0.4 is 20.2 Å². The largest absolute Gasteiger partial charge is 0.481 e. The van der Waals surface area contributed by atoms with Crippen molar-refractivity contribution < 1.29 is 29.0 Å². The summed E-state index contributed by atoms with van der Waals surface area (Å²) in [6, 6.07) is 3.43. The fraction of sp³-hybridized carbons (Fsp3) is 0.655. The second-order valence-electron chi connectivity index (χ2n) is 12.4. The third-order valence-corrected chi connectivity index (χ3v) is 9.63. The van der Waals surface area contributed by atoms with Crippen LogP contribution in [0.4, 0.5) is 5.69 Å². The monoisotopic (exact) mass is 523 g/mol. The molecule has 9 heteroatoms. The van der Waals surface area contributed by atoms with Crippen molar-refractivity contribution in [3.63, 3.8) is 0 Å². The number of carboxylic acid groups (broad SMARTS) is 1. The summed E-state index contributed by atoms with van der Waals surface area (Å²) >= 11 is 0. The van der Waals surface area contributed by atoms with E-state index in [9.17, 15) is 19.5 Å². The van der Waals surface area contributed by atoms with E-state index in [4.69, 9.17) is 9.47 Å². The lowest BCUT2D eigenvalue weighted by atomic mass is 9.49. The summed E-state index contributed by atoms with van der Waals surface area (Å²) in [4.78, 5) is 38.0. The molecule has 0 radical (unpaired) electrons. The number of anilines is 1. The van der Waals surface area contributed by atoms with Gasteiger partial charge in [-0.25, -0.2) is 5.43 Å². The molecule has 1 aromatic carbocycles. The van der Waals surface area contributed by atoms with Crippen LogP contribution in [0.15, 0.2) is 17.2 Å². The Hall–Kier alpha value is -3.10. The molecule has 5 saturated carbocycles. The minimum Gasteiger partial charge on any atom is -0.481 e. The van der Waals surface area contributed by atoms with Crippen LogP contribution in [0.25, 0.3) is 0 Å². The van der Waals surface area contributed by atoms with Gasteiger partial charge in [-0.05, 0) is 87.5 Å². The lowest BCUT2D eigenvalue weighted by Crippen LogP contribution is -2.47. The van der Waals surface area contributed by atoms with E-state index in [1.807, 2.05) is 0 Å². The highest BCUT2D eigenvalue weighted by Crippen LogP contribution is 2.61. The molecule has 9 nitrogen and oxygen atoms in total. The number of aliphatic carboxylic acids is 1. The molecule has 7 rings (SSSR count). The Morgan fingerprint density at radius 3 is 2.21 bits per heavy atom. The number of hydrogen-bond acceptors (Lipinski definition) is 6. The fourth-order valence-electron chi connectivity index (χ4n) is 8.40. The molecule has 6 aliphatic rings. The average Bonchev–Trinajstić information content (AvgIpc) is 3.33. The summed E-state index contributed by atoms with van der Waals surface area (Å²) in [5.74, 6) is 0.762. The van der Waals surface area contributed by atoms with Crippen LogP contribution in [0.5, 0.6) is 11.5 Å². The molecule has 0 aromatic heterocycles. The van der Waals surface area contributed by atoms with Gasteiger partial charge in [0.1, 0.15) is 0 Å². The second kappa shape index (κ2) is 9.89. The lowest BCUT2D eigenvalue weighted by Gasteiger charge is -2.56. The van der Waals surface area contributed by atoms with E-state index in [-0.39, 0.29) is 24.0 Å². The average molecular weight is 524 g/mol. The maximum absolute atomic E-state index is 13.2.